The molecule has 0 fully saturated rings. The van der Waals surface area contributed by atoms with Crippen molar-refractivity contribution in [2.24, 2.45) is 0 Å². The van der Waals surface area contributed by atoms with Gasteiger partial charge in [-0.2, -0.15) is 0 Å². The van der Waals surface area contributed by atoms with Gasteiger partial charge >= 0.3 is 5.97 Å². The molecule has 0 spiro atoms. The summed E-state index contributed by atoms with van der Waals surface area (Å²) < 4.78 is 0. The van der Waals surface area contributed by atoms with Crippen molar-refractivity contribution >= 4 is 11.9 Å². The van der Waals surface area contributed by atoms with Gasteiger partial charge in [0, 0.05) is 26.4 Å². The molecule has 86 valence electrons. The van der Waals surface area contributed by atoms with Crippen molar-refractivity contribution in [1.82, 2.24) is 9.88 Å². The van der Waals surface area contributed by atoms with Gasteiger partial charge in [-0.15, -0.1) is 0 Å². The maximum Gasteiger partial charge on any atom is 0.334 e. The van der Waals surface area contributed by atoms with Gasteiger partial charge in [0.15, 0.2) is 5.54 Å². The van der Waals surface area contributed by atoms with E-state index in [0.717, 1.165) is 0 Å². The molecule has 0 radical (unpaired) electrons. The van der Waals surface area contributed by atoms with E-state index in [9.17, 15) is 14.7 Å². The second kappa shape index (κ2) is 4.30. The number of aliphatic carboxylic acids is 1. The fraction of sp³-hybridized carbons (Fsp3) is 0.364. The molecule has 0 aliphatic carbocycles. The summed E-state index contributed by atoms with van der Waals surface area (Å²) >= 11 is 0. The van der Waals surface area contributed by atoms with Crippen LogP contribution in [0.2, 0.25) is 0 Å². The Morgan fingerprint density at radius 1 is 1.38 bits per heavy atom. The molecule has 1 rings (SSSR count). The third-order valence-corrected chi connectivity index (χ3v) is 2.80. The fourth-order valence-electron chi connectivity index (χ4n) is 1.45. The molecule has 1 N–H and O–H groups in total. The Morgan fingerprint density at radius 2 is 1.88 bits per heavy atom. The van der Waals surface area contributed by atoms with Crippen molar-refractivity contribution in [3.05, 3.63) is 30.1 Å². The molecule has 1 unspecified atom stereocenters. The fourth-order valence-corrected chi connectivity index (χ4v) is 1.45. The molecule has 1 heterocycles. The second-order valence-electron chi connectivity index (χ2n) is 3.69. The van der Waals surface area contributed by atoms with E-state index >= 15 is 0 Å². The van der Waals surface area contributed by atoms with Crippen molar-refractivity contribution in [2.45, 2.75) is 19.4 Å². The highest BCUT2D eigenvalue weighted by molar-refractivity contribution is 5.86. The minimum absolute atomic E-state index is 0.304. The van der Waals surface area contributed by atoms with Crippen LogP contribution in [-0.2, 0) is 15.1 Å². The summed E-state index contributed by atoms with van der Waals surface area (Å²) in [5, 5.41) is 9.29. The van der Waals surface area contributed by atoms with Crippen molar-refractivity contribution in [2.75, 3.05) is 7.05 Å². The molecule has 1 aromatic heterocycles. The quantitative estimate of drug-likeness (QED) is 0.823. The number of carbonyl (C=O) groups is 2. The number of likely N-dealkylation sites (N-methyl/N-ethyl adjacent to an activating group) is 1. The van der Waals surface area contributed by atoms with Crippen LogP contribution in [0.4, 0.5) is 0 Å². The standard InChI is InChI=1S/C11H14N2O3/c1-8(14)13(3)11(2,10(15)16)9-4-6-12-7-5-9/h4-7H,1-3H3,(H,15,16). The highest BCUT2D eigenvalue weighted by Crippen LogP contribution is 2.27. The third-order valence-electron chi connectivity index (χ3n) is 2.80. The zero-order valence-electron chi connectivity index (χ0n) is 9.47. The van der Waals surface area contributed by atoms with Crippen molar-refractivity contribution < 1.29 is 14.7 Å². The van der Waals surface area contributed by atoms with Crippen LogP contribution in [-0.4, -0.2) is 33.9 Å². The lowest BCUT2D eigenvalue weighted by Gasteiger charge is -2.34. The number of carbonyl (C=O) groups excluding carboxylic acids is 1. The zero-order valence-corrected chi connectivity index (χ0v) is 9.47. The monoisotopic (exact) mass is 222 g/mol. The van der Waals surface area contributed by atoms with Crippen LogP contribution in [0.15, 0.2) is 24.5 Å². The first kappa shape index (κ1) is 12.2. The molecule has 0 bridgehead atoms. The van der Waals surface area contributed by atoms with E-state index in [1.807, 2.05) is 0 Å². The SMILES string of the molecule is CC(=O)N(C)C(C)(C(=O)O)c1ccncc1. The van der Waals surface area contributed by atoms with E-state index in [1.54, 1.807) is 12.1 Å². The summed E-state index contributed by atoms with van der Waals surface area (Å²) in [6.07, 6.45) is 3.01. The van der Waals surface area contributed by atoms with Gasteiger partial charge in [0.2, 0.25) is 5.91 Å². The van der Waals surface area contributed by atoms with E-state index in [1.165, 1.54) is 38.2 Å². The molecule has 5 nitrogen and oxygen atoms in total. The molecule has 1 aromatic rings. The molecule has 0 saturated heterocycles. The average Bonchev–Trinajstić information content (AvgIpc) is 2.27. The number of aromatic nitrogens is 1. The van der Waals surface area contributed by atoms with Gasteiger partial charge in [-0.05, 0) is 24.6 Å². The van der Waals surface area contributed by atoms with Crippen LogP contribution in [0.1, 0.15) is 19.4 Å². The summed E-state index contributed by atoms with van der Waals surface area (Å²) in [7, 11) is 1.47. The second-order valence-corrected chi connectivity index (χ2v) is 3.69. The number of rotatable bonds is 3. The molecule has 0 aliphatic heterocycles. The predicted octanol–water partition coefficient (Wildman–Crippen LogP) is 0.860. The zero-order chi connectivity index (χ0) is 12.3. The highest BCUT2D eigenvalue weighted by Gasteiger charge is 2.40. The molecule has 5 heteroatoms. The van der Waals surface area contributed by atoms with Crippen LogP contribution in [0.25, 0.3) is 0 Å². The molecule has 1 amide bonds. The number of carboxylic acid groups (broad SMARTS) is 1. The van der Waals surface area contributed by atoms with Gasteiger partial charge in [0.05, 0.1) is 0 Å². The lowest BCUT2D eigenvalue weighted by atomic mass is 9.91. The average molecular weight is 222 g/mol. The molecule has 0 saturated carbocycles. The number of carboxylic acids is 1. The van der Waals surface area contributed by atoms with Crippen molar-refractivity contribution in [3.63, 3.8) is 0 Å². The lowest BCUT2D eigenvalue weighted by molar-refractivity contribution is -0.156. The van der Waals surface area contributed by atoms with Gasteiger partial charge in [-0.3, -0.25) is 9.78 Å². The largest absolute Gasteiger partial charge is 0.479 e. The first-order chi connectivity index (χ1) is 7.40. The number of amides is 1. The maximum absolute atomic E-state index is 11.4. The van der Waals surface area contributed by atoms with E-state index in [0.29, 0.717) is 5.56 Å². The summed E-state index contributed by atoms with van der Waals surface area (Å²) in [6.45, 7) is 2.83. The van der Waals surface area contributed by atoms with Crippen molar-refractivity contribution in [3.8, 4) is 0 Å². The van der Waals surface area contributed by atoms with Gasteiger partial charge in [-0.1, -0.05) is 0 Å². The number of pyridine rings is 1. The summed E-state index contributed by atoms with van der Waals surface area (Å²) in [5.41, 5.74) is -0.845. The molecule has 0 aliphatic rings. The van der Waals surface area contributed by atoms with Gasteiger partial charge in [0.25, 0.3) is 0 Å². The van der Waals surface area contributed by atoms with Crippen LogP contribution >= 0.6 is 0 Å². The molecule has 1 atom stereocenters. The number of nitrogens with zero attached hydrogens (tertiary/aromatic N) is 2. The molecular formula is C11H14N2O3. The summed E-state index contributed by atoms with van der Waals surface area (Å²) in [5.74, 6) is -1.38. The molecule has 16 heavy (non-hydrogen) atoms. The first-order valence-corrected chi connectivity index (χ1v) is 4.79. The van der Waals surface area contributed by atoms with Crippen LogP contribution in [0, 0.1) is 0 Å². The third kappa shape index (κ3) is 1.88. The Morgan fingerprint density at radius 3 is 2.25 bits per heavy atom. The number of hydrogen-bond acceptors (Lipinski definition) is 3. The van der Waals surface area contributed by atoms with E-state index in [-0.39, 0.29) is 5.91 Å². The predicted molar refractivity (Wildman–Crippen MR) is 57.7 cm³/mol. The van der Waals surface area contributed by atoms with Gasteiger partial charge < -0.3 is 10.0 Å². The van der Waals surface area contributed by atoms with Crippen molar-refractivity contribution in [1.29, 1.82) is 0 Å². The molecular weight excluding hydrogens is 208 g/mol. The van der Waals surface area contributed by atoms with Crippen LogP contribution in [0.3, 0.4) is 0 Å². The van der Waals surface area contributed by atoms with Crippen LogP contribution in [0.5, 0.6) is 0 Å². The van der Waals surface area contributed by atoms with Crippen LogP contribution < -0.4 is 0 Å². The van der Waals surface area contributed by atoms with E-state index in [4.69, 9.17) is 0 Å². The van der Waals surface area contributed by atoms with E-state index in [2.05, 4.69) is 4.98 Å². The van der Waals surface area contributed by atoms with Gasteiger partial charge in [-0.25, -0.2) is 4.79 Å². The topological polar surface area (TPSA) is 70.5 Å². The Bertz CT molecular complexity index is 405. The Balaban J connectivity index is 3.28. The highest BCUT2D eigenvalue weighted by atomic mass is 16.4. The molecule has 0 aromatic carbocycles. The summed E-state index contributed by atoms with van der Waals surface area (Å²) in [6, 6.07) is 3.18. The Labute approximate surface area is 93.7 Å². The normalized spacial score (nSPS) is 13.9. The Kier molecular flexibility index (Phi) is 3.27. The Hall–Kier alpha value is -1.91. The van der Waals surface area contributed by atoms with Gasteiger partial charge in [0.1, 0.15) is 0 Å². The number of hydrogen-bond donors (Lipinski definition) is 1. The smallest absolute Gasteiger partial charge is 0.334 e. The van der Waals surface area contributed by atoms with E-state index < -0.39 is 11.5 Å². The maximum atomic E-state index is 11.4. The lowest BCUT2D eigenvalue weighted by Crippen LogP contribution is -2.49. The minimum atomic E-state index is -1.37. The minimum Gasteiger partial charge on any atom is -0.479 e. The summed E-state index contributed by atoms with van der Waals surface area (Å²) in [4.78, 5) is 27.7. The first-order valence-electron chi connectivity index (χ1n) is 4.79.